The molecule has 2 saturated heterocycles. The van der Waals surface area contributed by atoms with Gasteiger partial charge in [0.25, 0.3) is 0 Å². The number of rotatable bonds is 5. The van der Waals surface area contributed by atoms with Crippen LogP contribution in [0, 0.1) is 11.8 Å². The molecule has 0 aliphatic carbocycles. The third kappa shape index (κ3) is 5.03. The number of hydrogen-bond donors (Lipinski definition) is 1. The number of carbonyl (C=O) groups is 1. The molecule has 2 aliphatic heterocycles. The van der Waals surface area contributed by atoms with E-state index in [2.05, 4.69) is 52.9 Å². The summed E-state index contributed by atoms with van der Waals surface area (Å²) in [4.78, 5) is 21.8. The van der Waals surface area contributed by atoms with Gasteiger partial charge >= 0.3 is 0 Å². The molecule has 0 bridgehead atoms. The average molecular weight is 432 g/mol. The van der Waals surface area contributed by atoms with Gasteiger partial charge in [-0.3, -0.25) is 14.7 Å². The number of benzene rings is 1. The molecule has 4 rings (SSSR count). The first kappa shape index (κ1) is 22.5. The van der Waals surface area contributed by atoms with Crippen molar-refractivity contribution >= 4 is 5.91 Å². The van der Waals surface area contributed by atoms with Gasteiger partial charge in [-0.15, -0.1) is 0 Å². The molecule has 168 valence electrons. The summed E-state index contributed by atoms with van der Waals surface area (Å²) in [6.07, 6.45) is 6.09. The summed E-state index contributed by atoms with van der Waals surface area (Å²) in [5.41, 5.74) is 3.07. The van der Waals surface area contributed by atoms with Gasteiger partial charge in [-0.2, -0.15) is 0 Å². The van der Waals surface area contributed by atoms with E-state index in [0.29, 0.717) is 13.0 Å². The fourth-order valence-electron chi connectivity index (χ4n) is 5.01. The SMILES string of the molecule is CCCC#Cc1ccc([C@@H]2[C@H]3CN(C(=O)Cc4ccccn4)CCCCN3[C@H]2CO)cc1. The van der Waals surface area contributed by atoms with Crippen LogP contribution in [0.5, 0.6) is 0 Å². The minimum atomic E-state index is 0.114. The van der Waals surface area contributed by atoms with Crippen LogP contribution in [0.15, 0.2) is 48.7 Å². The van der Waals surface area contributed by atoms with Gasteiger partial charge in [0.2, 0.25) is 5.91 Å². The molecule has 0 spiro atoms. The first-order chi connectivity index (χ1) is 15.7. The third-order valence-electron chi connectivity index (χ3n) is 6.68. The van der Waals surface area contributed by atoms with Crippen molar-refractivity contribution in [2.45, 2.75) is 57.0 Å². The van der Waals surface area contributed by atoms with Crippen molar-refractivity contribution in [1.29, 1.82) is 0 Å². The number of pyridine rings is 1. The average Bonchev–Trinajstić information content (AvgIpc) is 2.80. The maximum atomic E-state index is 13.1. The first-order valence-electron chi connectivity index (χ1n) is 11.8. The van der Waals surface area contributed by atoms with Crippen LogP contribution in [0.1, 0.15) is 55.3 Å². The molecule has 5 heteroatoms. The van der Waals surface area contributed by atoms with E-state index < -0.39 is 0 Å². The van der Waals surface area contributed by atoms with Crippen molar-refractivity contribution in [2.24, 2.45) is 0 Å². The molecule has 32 heavy (non-hydrogen) atoms. The Morgan fingerprint density at radius 2 is 1.97 bits per heavy atom. The summed E-state index contributed by atoms with van der Waals surface area (Å²) in [5, 5.41) is 10.1. The maximum absolute atomic E-state index is 13.1. The quantitative estimate of drug-likeness (QED) is 0.739. The molecule has 1 amide bonds. The summed E-state index contributed by atoms with van der Waals surface area (Å²) in [7, 11) is 0. The van der Waals surface area contributed by atoms with Crippen LogP contribution in [0.3, 0.4) is 0 Å². The predicted molar refractivity (Wildman–Crippen MR) is 126 cm³/mol. The molecule has 2 aromatic rings. The highest BCUT2D eigenvalue weighted by Gasteiger charge is 2.49. The van der Waals surface area contributed by atoms with Gasteiger partial charge in [-0.1, -0.05) is 37.0 Å². The standard InChI is InChI=1S/C27H33N3O2/c1-2-3-4-9-21-11-13-22(14-12-21)27-24-19-29(16-7-8-17-30(24)25(27)20-31)26(32)18-23-10-5-6-15-28-23/h5-6,10-15,24-25,27,31H,2-3,7-8,16-20H2,1H3/t24-,25+,27-/m1/s1. The van der Waals surface area contributed by atoms with E-state index in [0.717, 1.165) is 50.0 Å². The highest BCUT2D eigenvalue weighted by molar-refractivity contribution is 5.78. The molecule has 0 unspecified atom stereocenters. The normalized spacial score (nSPS) is 23.2. The van der Waals surface area contributed by atoms with Crippen LogP contribution in [0.2, 0.25) is 0 Å². The van der Waals surface area contributed by atoms with Gasteiger partial charge in [0.15, 0.2) is 0 Å². The number of amides is 1. The molecule has 2 aliphatic rings. The Morgan fingerprint density at radius 3 is 2.69 bits per heavy atom. The molecule has 2 fully saturated rings. The van der Waals surface area contributed by atoms with Crippen molar-refractivity contribution in [3.63, 3.8) is 0 Å². The first-order valence-corrected chi connectivity index (χ1v) is 11.8. The van der Waals surface area contributed by atoms with Crippen molar-refractivity contribution in [3.05, 3.63) is 65.5 Å². The number of aliphatic hydroxyl groups excluding tert-OH is 1. The largest absolute Gasteiger partial charge is 0.395 e. The van der Waals surface area contributed by atoms with E-state index in [1.54, 1.807) is 6.20 Å². The third-order valence-corrected chi connectivity index (χ3v) is 6.68. The Balaban J connectivity index is 1.50. The lowest BCUT2D eigenvalue weighted by Crippen LogP contribution is -2.68. The van der Waals surface area contributed by atoms with Gasteiger partial charge in [0.1, 0.15) is 0 Å². The molecule has 3 atom stereocenters. The molecule has 3 heterocycles. The number of fused-ring (bicyclic) bond motifs is 1. The Morgan fingerprint density at radius 1 is 1.16 bits per heavy atom. The minimum Gasteiger partial charge on any atom is -0.395 e. The van der Waals surface area contributed by atoms with Gasteiger partial charge in [0, 0.05) is 55.0 Å². The van der Waals surface area contributed by atoms with Crippen LogP contribution >= 0.6 is 0 Å². The number of carbonyl (C=O) groups excluding carboxylic acids is 1. The summed E-state index contributed by atoms with van der Waals surface area (Å²) >= 11 is 0. The highest BCUT2D eigenvalue weighted by Crippen LogP contribution is 2.42. The fraction of sp³-hybridized carbons (Fsp3) is 0.481. The van der Waals surface area contributed by atoms with Gasteiger partial charge in [-0.25, -0.2) is 0 Å². The second-order valence-corrected chi connectivity index (χ2v) is 8.80. The predicted octanol–water partition coefficient (Wildman–Crippen LogP) is 3.23. The molecule has 0 saturated carbocycles. The van der Waals surface area contributed by atoms with Crippen molar-refractivity contribution in [1.82, 2.24) is 14.8 Å². The number of unbranched alkanes of at least 4 members (excludes halogenated alkanes) is 1. The van der Waals surface area contributed by atoms with Crippen LogP contribution in [0.25, 0.3) is 0 Å². The molecular weight excluding hydrogens is 398 g/mol. The van der Waals surface area contributed by atoms with E-state index in [4.69, 9.17) is 0 Å². The zero-order valence-electron chi connectivity index (χ0n) is 18.9. The van der Waals surface area contributed by atoms with Crippen molar-refractivity contribution < 1.29 is 9.90 Å². The second kappa shape index (κ2) is 10.8. The summed E-state index contributed by atoms with van der Waals surface area (Å²) in [6.45, 7) is 4.74. The van der Waals surface area contributed by atoms with Crippen LogP contribution < -0.4 is 0 Å². The molecule has 1 aromatic heterocycles. The van der Waals surface area contributed by atoms with E-state index in [1.807, 2.05) is 23.1 Å². The molecular formula is C27H33N3O2. The van der Waals surface area contributed by atoms with E-state index in [-0.39, 0.29) is 30.5 Å². The fourth-order valence-corrected chi connectivity index (χ4v) is 5.01. The number of nitrogens with zero attached hydrogens (tertiary/aromatic N) is 3. The van der Waals surface area contributed by atoms with E-state index >= 15 is 0 Å². The van der Waals surface area contributed by atoms with Crippen molar-refractivity contribution in [3.8, 4) is 11.8 Å². The Bertz CT molecular complexity index is 948. The molecule has 1 N–H and O–H groups in total. The zero-order chi connectivity index (χ0) is 22.3. The Kier molecular flexibility index (Phi) is 7.57. The van der Waals surface area contributed by atoms with Crippen LogP contribution in [-0.2, 0) is 11.2 Å². The minimum absolute atomic E-state index is 0.114. The topological polar surface area (TPSA) is 56.7 Å². The zero-order valence-corrected chi connectivity index (χ0v) is 18.9. The van der Waals surface area contributed by atoms with Gasteiger partial charge in [-0.05, 0) is 55.6 Å². The molecule has 5 nitrogen and oxygen atoms in total. The van der Waals surface area contributed by atoms with Crippen molar-refractivity contribution in [2.75, 3.05) is 26.2 Å². The lowest BCUT2D eigenvalue weighted by atomic mass is 9.74. The smallest absolute Gasteiger partial charge is 0.228 e. The monoisotopic (exact) mass is 431 g/mol. The van der Waals surface area contributed by atoms with E-state index in [9.17, 15) is 9.90 Å². The van der Waals surface area contributed by atoms with Crippen LogP contribution in [0.4, 0.5) is 0 Å². The maximum Gasteiger partial charge on any atom is 0.228 e. The summed E-state index contributed by atoms with van der Waals surface area (Å²) < 4.78 is 0. The number of hydrogen-bond acceptors (Lipinski definition) is 4. The molecule has 1 aromatic carbocycles. The van der Waals surface area contributed by atoms with Gasteiger partial charge in [0.05, 0.1) is 13.0 Å². The van der Waals surface area contributed by atoms with Crippen LogP contribution in [-0.4, -0.2) is 64.1 Å². The summed E-state index contributed by atoms with van der Waals surface area (Å²) in [5.74, 6) is 6.78. The Labute approximate surface area is 191 Å². The van der Waals surface area contributed by atoms with Gasteiger partial charge < -0.3 is 10.0 Å². The number of aliphatic hydroxyl groups is 1. The number of aromatic nitrogens is 1. The Hall–Kier alpha value is -2.68. The molecule has 0 radical (unpaired) electrons. The summed E-state index contributed by atoms with van der Waals surface area (Å²) in [6, 6.07) is 14.5. The lowest BCUT2D eigenvalue weighted by molar-refractivity contribution is -0.135. The van der Waals surface area contributed by atoms with E-state index in [1.165, 1.54) is 5.56 Å². The lowest BCUT2D eigenvalue weighted by Gasteiger charge is -2.57. The highest BCUT2D eigenvalue weighted by atomic mass is 16.3. The second-order valence-electron chi connectivity index (χ2n) is 8.80.